The molecule has 3 aromatic rings. The first-order valence-electron chi connectivity index (χ1n) is 11.7. The number of benzene rings is 2. The maximum Gasteiger partial charge on any atom is 0.416 e. The molecule has 1 heterocycles. The highest BCUT2D eigenvalue weighted by atomic mass is 19.4. The number of unbranched alkanes of at least 4 members (excludes halogenated alkanes) is 2. The monoisotopic (exact) mass is 510 g/mol. The molecule has 0 radical (unpaired) electrons. The van der Waals surface area contributed by atoms with Crippen molar-refractivity contribution in [1.82, 2.24) is 9.47 Å². The minimum absolute atomic E-state index is 0.0329. The summed E-state index contributed by atoms with van der Waals surface area (Å²) in [5, 5.41) is 0. The van der Waals surface area contributed by atoms with Gasteiger partial charge in [-0.25, -0.2) is 0 Å². The van der Waals surface area contributed by atoms with Crippen LogP contribution in [0.2, 0.25) is 0 Å². The second-order valence-corrected chi connectivity index (χ2v) is 8.84. The predicted molar refractivity (Wildman–Crippen MR) is 125 cm³/mol. The molecule has 0 aliphatic heterocycles. The molecule has 9 heteroatoms. The molecule has 0 bridgehead atoms. The molecule has 0 saturated heterocycles. The van der Waals surface area contributed by atoms with E-state index in [0.717, 1.165) is 29.7 Å². The van der Waals surface area contributed by atoms with Gasteiger partial charge in [-0.1, -0.05) is 49.6 Å². The largest absolute Gasteiger partial charge is 0.416 e. The van der Waals surface area contributed by atoms with Crippen LogP contribution in [0.5, 0.6) is 0 Å². The van der Waals surface area contributed by atoms with Gasteiger partial charge in [0.15, 0.2) is 0 Å². The van der Waals surface area contributed by atoms with Gasteiger partial charge >= 0.3 is 12.4 Å². The van der Waals surface area contributed by atoms with E-state index in [1.165, 1.54) is 4.90 Å². The van der Waals surface area contributed by atoms with E-state index >= 15 is 0 Å². The molecular weight excluding hydrogens is 482 g/mol. The molecular formula is C27H28F6N2O. The molecule has 3 nitrogen and oxygen atoms in total. The van der Waals surface area contributed by atoms with Crippen molar-refractivity contribution in [3.05, 3.63) is 94.3 Å². The Morgan fingerprint density at radius 1 is 0.889 bits per heavy atom. The highest BCUT2D eigenvalue weighted by Gasteiger charge is 2.38. The molecule has 0 saturated carbocycles. The molecule has 194 valence electrons. The molecule has 2 aromatic carbocycles. The van der Waals surface area contributed by atoms with Crippen LogP contribution in [0.1, 0.15) is 64.5 Å². The van der Waals surface area contributed by atoms with E-state index in [-0.39, 0.29) is 19.2 Å². The van der Waals surface area contributed by atoms with Crippen molar-refractivity contribution in [3.63, 3.8) is 0 Å². The summed E-state index contributed by atoms with van der Waals surface area (Å²) in [6, 6.07) is 12.5. The lowest BCUT2D eigenvalue weighted by atomic mass is 10.0. The van der Waals surface area contributed by atoms with Crippen LogP contribution in [-0.4, -0.2) is 21.9 Å². The van der Waals surface area contributed by atoms with Gasteiger partial charge < -0.3 is 9.47 Å². The van der Waals surface area contributed by atoms with Crippen molar-refractivity contribution in [1.29, 1.82) is 0 Å². The van der Waals surface area contributed by atoms with E-state index in [2.05, 4.69) is 0 Å². The number of nitrogens with zero attached hydrogens (tertiary/aromatic N) is 2. The van der Waals surface area contributed by atoms with Gasteiger partial charge in [-0.05, 0) is 49.2 Å². The Hall–Kier alpha value is -3.23. The minimum Gasteiger partial charge on any atom is -0.345 e. The fraction of sp³-hybridized carbons (Fsp3) is 0.370. The smallest absolute Gasteiger partial charge is 0.345 e. The Balaban J connectivity index is 1.94. The zero-order valence-corrected chi connectivity index (χ0v) is 20.1. The first kappa shape index (κ1) is 27.4. The van der Waals surface area contributed by atoms with Gasteiger partial charge in [0.2, 0.25) is 0 Å². The lowest BCUT2D eigenvalue weighted by Crippen LogP contribution is -2.33. The van der Waals surface area contributed by atoms with E-state index in [9.17, 15) is 31.1 Å². The molecule has 1 aromatic heterocycles. The van der Waals surface area contributed by atoms with Gasteiger partial charge in [-0.15, -0.1) is 0 Å². The zero-order chi connectivity index (χ0) is 26.5. The van der Waals surface area contributed by atoms with Crippen LogP contribution in [0.15, 0.2) is 60.8 Å². The summed E-state index contributed by atoms with van der Waals surface area (Å²) in [6.45, 7) is 4.71. The van der Waals surface area contributed by atoms with E-state index in [1.807, 2.05) is 48.9 Å². The van der Waals surface area contributed by atoms with Crippen molar-refractivity contribution >= 4 is 5.91 Å². The van der Waals surface area contributed by atoms with Crippen LogP contribution >= 0.6 is 0 Å². The molecule has 0 fully saturated rings. The highest BCUT2D eigenvalue weighted by Crippen LogP contribution is 2.36. The predicted octanol–water partition coefficient (Wildman–Crippen LogP) is 7.72. The maximum atomic E-state index is 13.3. The first-order valence-corrected chi connectivity index (χ1v) is 11.7. The molecule has 0 atom stereocenters. The second kappa shape index (κ2) is 11.2. The number of carbonyl (C=O) groups is 1. The molecule has 0 aliphatic rings. The summed E-state index contributed by atoms with van der Waals surface area (Å²) < 4.78 is 82.0. The van der Waals surface area contributed by atoms with Crippen molar-refractivity contribution in [2.24, 2.45) is 0 Å². The number of hydrogen-bond donors (Lipinski definition) is 0. The van der Waals surface area contributed by atoms with Crippen LogP contribution in [0.3, 0.4) is 0 Å². The van der Waals surface area contributed by atoms with E-state index in [0.29, 0.717) is 25.1 Å². The van der Waals surface area contributed by atoms with Crippen molar-refractivity contribution in [3.8, 4) is 0 Å². The lowest BCUT2D eigenvalue weighted by molar-refractivity contribution is -0.143. The summed E-state index contributed by atoms with van der Waals surface area (Å²) in [5.41, 5.74) is -0.796. The number of aromatic nitrogens is 1. The van der Waals surface area contributed by atoms with Crippen LogP contribution in [0, 0.1) is 6.92 Å². The third-order valence-corrected chi connectivity index (χ3v) is 5.87. The SMILES string of the molecule is CCCCCN(Cc1cccn1Cc1cccc(C)c1)C(=O)c1cc(C(F)(F)F)cc(C(F)(F)F)c1. The normalized spacial score (nSPS) is 12.1. The standard InChI is InChI=1S/C27H28F6N2O/c1-3-4-5-11-35(18-24-10-7-12-34(24)17-20-9-6-8-19(2)13-20)25(36)21-14-22(26(28,29)30)16-23(15-21)27(31,32)33/h6-10,12-16H,3-5,11,17-18H2,1-2H3. The highest BCUT2D eigenvalue weighted by molar-refractivity contribution is 5.94. The van der Waals surface area contributed by atoms with Crippen molar-refractivity contribution in [2.75, 3.05) is 6.54 Å². The molecule has 1 amide bonds. The van der Waals surface area contributed by atoms with E-state index in [4.69, 9.17) is 0 Å². The van der Waals surface area contributed by atoms with Gasteiger partial charge in [-0.2, -0.15) is 26.3 Å². The summed E-state index contributed by atoms with van der Waals surface area (Å²) >= 11 is 0. The number of amides is 1. The number of rotatable bonds is 9. The third-order valence-electron chi connectivity index (χ3n) is 5.87. The maximum absolute atomic E-state index is 13.3. The number of alkyl halides is 6. The summed E-state index contributed by atoms with van der Waals surface area (Å²) in [6.07, 6.45) is -6.03. The lowest BCUT2D eigenvalue weighted by Gasteiger charge is -2.25. The van der Waals surface area contributed by atoms with E-state index < -0.39 is 35.0 Å². The van der Waals surface area contributed by atoms with E-state index in [1.54, 1.807) is 12.1 Å². The molecule has 36 heavy (non-hydrogen) atoms. The summed E-state index contributed by atoms with van der Waals surface area (Å²) in [4.78, 5) is 14.6. The molecule has 0 N–H and O–H groups in total. The summed E-state index contributed by atoms with van der Waals surface area (Å²) in [7, 11) is 0. The Morgan fingerprint density at radius 3 is 2.14 bits per heavy atom. The molecule has 0 unspecified atom stereocenters. The van der Waals surface area contributed by atoms with Crippen LogP contribution in [-0.2, 0) is 25.4 Å². The average molecular weight is 511 g/mol. The Morgan fingerprint density at radius 2 is 1.56 bits per heavy atom. The topological polar surface area (TPSA) is 25.2 Å². The Kier molecular flexibility index (Phi) is 8.53. The fourth-order valence-electron chi connectivity index (χ4n) is 4.02. The van der Waals surface area contributed by atoms with Crippen LogP contribution in [0.25, 0.3) is 0 Å². The number of hydrogen-bond acceptors (Lipinski definition) is 1. The van der Waals surface area contributed by atoms with Gasteiger partial charge in [0, 0.05) is 30.5 Å². The first-order chi connectivity index (χ1) is 16.9. The van der Waals surface area contributed by atoms with Crippen LogP contribution in [0.4, 0.5) is 26.3 Å². The van der Waals surface area contributed by atoms with Crippen molar-refractivity contribution in [2.45, 2.75) is 58.6 Å². The zero-order valence-electron chi connectivity index (χ0n) is 20.1. The average Bonchev–Trinajstić information content (AvgIpc) is 3.23. The van der Waals surface area contributed by atoms with Crippen LogP contribution < -0.4 is 0 Å². The molecule has 3 rings (SSSR count). The summed E-state index contributed by atoms with van der Waals surface area (Å²) in [5.74, 6) is -0.869. The van der Waals surface area contributed by atoms with Gasteiger partial charge in [0.05, 0.1) is 17.7 Å². The minimum atomic E-state index is -5.02. The Bertz CT molecular complexity index is 1150. The van der Waals surface area contributed by atoms with Crippen molar-refractivity contribution < 1.29 is 31.1 Å². The third kappa shape index (κ3) is 7.15. The van der Waals surface area contributed by atoms with Gasteiger partial charge in [0.25, 0.3) is 5.91 Å². The molecule has 0 aliphatic carbocycles. The number of halogens is 6. The molecule has 0 spiro atoms. The van der Waals surface area contributed by atoms with Gasteiger partial charge in [-0.3, -0.25) is 4.79 Å². The quantitative estimate of drug-likeness (QED) is 0.214. The second-order valence-electron chi connectivity index (χ2n) is 8.84. The number of carbonyl (C=O) groups excluding carboxylic acids is 1. The van der Waals surface area contributed by atoms with Gasteiger partial charge in [0.1, 0.15) is 0 Å². The fourth-order valence-corrected chi connectivity index (χ4v) is 4.02. The number of aryl methyl sites for hydroxylation is 1. The Labute approximate surface area is 206 Å².